The molecule has 0 saturated heterocycles. The normalized spacial score (nSPS) is 14.8. The predicted molar refractivity (Wildman–Crippen MR) is 79.2 cm³/mol. The second-order valence-corrected chi connectivity index (χ2v) is 5.57. The minimum absolute atomic E-state index is 0.609. The van der Waals surface area contributed by atoms with E-state index in [2.05, 4.69) is 31.6 Å². The second kappa shape index (κ2) is 5.30. The van der Waals surface area contributed by atoms with Crippen LogP contribution >= 0.6 is 11.3 Å². The number of thiophene rings is 1. The van der Waals surface area contributed by atoms with Crippen molar-refractivity contribution in [1.29, 1.82) is 0 Å². The molecule has 3 rings (SSSR count). The molecule has 2 aromatic heterocycles. The Bertz CT molecular complexity index is 567. The summed E-state index contributed by atoms with van der Waals surface area (Å²) < 4.78 is 5.22. The monoisotopic (exact) mass is 278 g/mol. The maximum atomic E-state index is 5.22. The minimum atomic E-state index is 0.609. The zero-order valence-electron chi connectivity index (χ0n) is 11.2. The number of hydrogen-bond donors (Lipinski definition) is 1. The molecule has 102 valence electrons. The van der Waals surface area contributed by atoms with E-state index >= 15 is 0 Å². The van der Waals surface area contributed by atoms with E-state index in [0.29, 0.717) is 12.0 Å². The van der Waals surface area contributed by atoms with Crippen LogP contribution in [0.2, 0.25) is 0 Å². The summed E-state index contributed by atoms with van der Waals surface area (Å²) >= 11 is 1.66. The molecule has 2 heterocycles. The highest BCUT2D eigenvalue weighted by Gasteiger charge is 2.31. The molecule has 5 nitrogen and oxygen atoms in total. The lowest BCUT2D eigenvalue weighted by atomic mass is 10.3. The van der Waals surface area contributed by atoms with Gasteiger partial charge in [0.15, 0.2) is 0 Å². The van der Waals surface area contributed by atoms with Crippen molar-refractivity contribution in [3.8, 4) is 0 Å². The van der Waals surface area contributed by atoms with Gasteiger partial charge in [-0.15, -0.1) is 11.3 Å². The molecule has 2 aromatic rings. The summed E-state index contributed by atoms with van der Waals surface area (Å²) in [6.45, 7) is 1.60. The van der Waals surface area contributed by atoms with Crippen LogP contribution in [0.5, 0.6) is 0 Å². The Morgan fingerprint density at radius 3 is 3.00 bits per heavy atom. The van der Waals surface area contributed by atoms with Gasteiger partial charge >= 0.3 is 0 Å². The average Bonchev–Trinajstić information content (AvgIpc) is 3.16. The van der Waals surface area contributed by atoms with Crippen molar-refractivity contribution >= 4 is 33.3 Å². The molecule has 0 atom stereocenters. The number of nitrogens with one attached hydrogen (secondary N) is 1. The SMILES string of the molecule is CNc1nc(N(CCOC)C2CC2)c2ccsc2n1. The largest absolute Gasteiger partial charge is 0.383 e. The van der Waals surface area contributed by atoms with Gasteiger partial charge in [0.2, 0.25) is 5.95 Å². The van der Waals surface area contributed by atoms with Gasteiger partial charge < -0.3 is 15.0 Å². The van der Waals surface area contributed by atoms with Gasteiger partial charge in [-0.3, -0.25) is 0 Å². The number of ether oxygens (including phenoxy) is 1. The van der Waals surface area contributed by atoms with Crippen molar-refractivity contribution in [3.63, 3.8) is 0 Å². The number of rotatable bonds is 6. The topological polar surface area (TPSA) is 50.3 Å². The van der Waals surface area contributed by atoms with Crippen LogP contribution < -0.4 is 10.2 Å². The van der Waals surface area contributed by atoms with Crippen LogP contribution in [0.25, 0.3) is 10.2 Å². The van der Waals surface area contributed by atoms with Crippen LogP contribution in [0.15, 0.2) is 11.4 Å². The van der Waals surface area contributed by atoms with Crippen LogP contribution in [0.4, 0.5) is 11.8 Å². The number of hydrogen-bond acceptors (Lipinski definition) is 6. The van der Waals surface area contributed by atoms with E-state index < -0.39 is 0 Å². The lowest BCUT2D eigenvalue weighted by molar-refractivity contribution is 0.205. The summed E-state index contributed by atoms with van der Waals surface area (Å²) in [7, 11) is 3.60. The van der Waals surface area contributed by atoms with E-state index in [1.807, 2.05) is 7.05 Å². The maximum Gasteiger partial charge on any atom is 0.225 e. The molecule has 1 saturated carbocycles. The fourth-order valence-corrected chi connectivity index (χ4v) is 2.97. The molecule has 1 N–H and O–H groups in total. The Labute approximate surface area is 116 Å². The smallest absolute Gasteiger partial charge is 0.225 e. The van der Waals surface area contributed by atoms with Gasteiger partial charge in [0.05, 0.1) is 12.0 Å². The summed E-state index contributed by atoms with van der Waals surface area (Å²) in [5.74, 6) is 1.73. The Morgan fingerprint density at radius 2 is 2.32 bits per heavy atom. The predicted octanol–water partition coefficient (Wildman–Crippen LogP) is 2.35. The summed E-state index contributed by atoms with van der Waals surface area (Å²) in [5, 5.41) is 6.26. The van der Waals surface area contributed by atoms with Gasteiger partial charge in [-0.1, -0.05) is 0 Å². The molecule has 0 amide bonds. The summed E-state index contributed by atoms with van der Waals surface area (Å²) in [6, 6.07) is 2.72. The molecular weight excluding hydrogens is 260 g/mol. The molecule has 0 aliphatic heterocycles. The molecular formula is C13H18N4OS. The highest BCUT2D eigenvalue weighted by atomic mass is 32.1. The zero-order valence-corrected chi connectivity index (χ0v) is 12.0. The standard InChI is InChI=1S/C13H18N4OS/c1-14-13-15-11(10-5-8-19-12(10)16-13)17(6-7-18-2)9-3-4-9/h5,8-9H,3-4,6-7H2,1-2H3,(H,14,15,16). The van der Waals surface area contributed by atoms with E-state index in [1.165, 1.54) is 12.8 Å². The molecule has 0 bridgehead atoms. The number of aromatic nitrogens is 2. The Balaban J connectivity index is 2.02. The van der Waals surface area contributed by atoms with Crippen molar-refractivity contribution in [3.05, 3.63) is 11.4 Å². The Kier molecular flexibility index (Phi) is 3.52. The molecule has 1 fully saturated rings. The highest BCUT2D eigenvalue weighted by Crippen LogP contribution is 2.36. The van der Waals surface area contributed by atoms with Gasteiger partial charge in [0, 0.05) is 26.7 Å². The fourth-order valence-electron chi connectivity index (χ4n) is 2.21. The van der Waals surface area contributed by atoms with Gasteiger partial charge in [0.25, 0.3) is 0 Å². The van der Waals surface area contributed by atoms with Crippen LogP contribution in [-0.2, 0) is 4.74 Å². The van der Waals surface area contributed by atoms with Crippen LogP contribution in [-0.4, -0.2) is 43.3 Å². The van der Waals surface area contributed by atoms with Gasteiger partial charge in [0.1, 0.15) is 10.6 Å². The molecule has 1 aliphatic carbocycles. The summed E-state index contributed by atoms with van der Waals surface area (Å²) in [5.41, 5.74) is 0. The van der Waals surface area contributed by atoms with Crippen molar-refractivity contribution in [2.24, 2.45) is 0 Å². The van der Waals surface area contributed by atoms with Crippen LogP contribution in [0.3, 0.4) is 0 Å². The van der Waals surface area contributed by atoms with Gasteiger partial charge in [-0.2, -0.15) is 4.98 Å². The van der Waals surface area contributed by atoms with Crippen LogP contribution in [0.1, 0.15) is 12.8 Å². The van der Waals surface area contributed by atoms with E-state index in [4.69, 9.17) is 4.74 Å². The minimum Gasteiger partial charge on any atom is -0.383 e. The number of anilines is 2. The molecule has 0 aromatic carbocycles. The van der Waals surface area contributed by atoms with E-state index in [1.54, 1.807) is 18.4 Å². The molecule has 0 spiro atoms. The first-order valence-electron chi connectivity index (χ1n) is 6.52. The first kappa shape index (κ1) is 12.6. The second-order valence-electron chi connectivity index (χ2n) is 4.68. The number of nitrogens with zero attached hydrogens (tertiary/aromatic N) is 3. The van der Waals surface area contributed by atoms with Gasteiger partial charge in [-0.05, 0) is 24.3 Å². The molecule has 1 aliphatic rings. The molecule has 0 unspecified atom stereocenters. The molecule has 6 heteroatoms. The molecule has 0 radical (unpaired) electrons. The number of fused-ring (bicyclic) bond motifs is 1. The molecule has 19 heavy (non-hydrogen) atoms. The fraction of sp³-hybridized carbons (Fsp3) is 0.538. The van der Waals surface area contributed by atoms with E-state index in [9.17, 15) is 0 Å². The summed E-state index contributed by atoms with van der Waals surface area (Å²) in [6.07, 6.45) is 2.49. The number of methoxy groups -OCH3 is 1. The van der Waals surface area contributed by atoms with Crippen molar-refractivity contribution < 1.29 is 4.74 Å². The van der Waals surface area contributed by atoms with Crippen molar-refractivity contribution in [2.75, 3.05) is 37.5 Å². The van der Waals surface area contributed by atoms with Crippen LogP contribution in [0, 0.1) is 0 Å². The lowest BCUT2D eigenvalue weighted by Gasteiger charge is -2.24. The van der Waals surface area contributed by atoms with E-state index in [-0.39, 0.29) is 0 Å². The van der Waals surface area contributed by atoms with Crippen molar-refractivity contribution in [1.82, 2.24) is 9.97 Å². The maximum absolute atomic E-state index is 5.22. The quantitative estimate of drug-likeness (QED) is 0.879. The lowest BCUT2D eigenvalue weighted by Crippen LogP contribution is -2.30. The third-order valence-corrected chi connectivity index (χ3v) is 4.13. The zero-order chi connectivity index (χ0) is 13.2. The van der Waals surface area contributed by atoms with Gasteiger partial charge in [-0.25, -0.2) is 4.98 Å². The summed E-state index contributed by atoms with van der Waals surface area (Å²) in [4.78, 5) is 12.6. The first-order chi connectivity index (χ1) is 9.33. The Hall–Kier alpha value is -1.40. The third-order valence-electron chi connectivity index (χ3n) is 3.32. The first-order valence-corrected chi connectivity index (χ1v) is 7.40. The average molecular weight is 278 g/mol. The Morgan fingerprint density at radius 1 is 1.47 bits per heavy atom. The third kappa shape index (κ3) is 2.50. The van der Waals surface area contributed by atoms with Crippen molar-refractivity contribution in [2.45, 2.75) is 18.9 Å². The highest BCUT2D eigenvalue weighted by molar-refractivity contribution is 7.16. The van der Waals surface area contributed by atoms with E-state index in [0.717, 1.165) is 29.2 Å².